The number of hydrogen-bond donors (Lipinski definition) is 2. The number of aryl methyl sites for hydroxylation is 1. The molecule has 0 aliphatic heterocycles. The van der Waals surface area contributed by atoms with Crippen LogP contribution in [0.1, 0.15) is 63.7 Å². The van der Waals surface area contributed by atoms with Crippen LogP contribution in [0.2, 0.25) is 0 Å². The van der Waals surface area contributed by atoms with Crippen molar-refractivity contribution in [3.8, 4) is 11.5 Å². The van der Waals surface area contributed by atoms with Crippen molar-refractivity contribution in [2.45, 2.75) is 45.2 Å². The molecule has 1 atom stereocenters. The molecule has 0 saturated carbocycles. The maximum Gasteiger partial charge on any atom is 0.402 e. The van der Waals surface area contributed by atoms with Crippen molar-refractivity contribution in [3.05, 3.63) is 94.0 Å². The summed E-state index contributed by atoms with van der Waals surface area (Å²) in [5.74, 6) is -1.21. The summed E-state index contributed by atoms with van der Waals surface area (Å²) in [6.07, 6.45) is -4.75. The molecular weight excluding hydrogens is 445 g/mol. The number of benzene rings is 3. The van der Waals surface area contributed by atoms with Gasteiger partial charge in [0.1, 0.15) is 16.9 Å². The fourth-order valence-corrected chi connectivity index (χ4v) is 4.01. The van der Waals surface area contributed by atoms with E-state index < -0.39 is 17.4 Å². The number of carbonyl (C=O) groups excluding carboxylic acids is 2. The van der Waals surface area contributed by atoms with Crippen LogP contribution in [0.5, 0.6) is 11.5 Å². The van der Waals surface area contributed by atoms with Crippen LogP contribution in [0.15, 0.2) is 60.7 Å². The Morgan fingerprint density at radius 2 is 1.32 bits per heavy atom. The Morgan fingerprint density at radius 1 is 0.824 bits per heavy atom. The fraction of sp³-hybridized carbons (Fsp3) is 0.259. The Hall–Kier alpha value is -3.61. The van der Waals surface area contributed by atoms with E-state index >= 15 is 0 Å². The van der Waals surface area contributed by atoms with Gasteiger partial charge in [0, 0.05) is 23.1 Å². The van der Waals surface area contributed by atoms with E-state index in [-0.39, 0.29) is 51.5 Å². The fourth-order valence-electron chi connectivity index (χ4n) is 4.01. The summed E-state index contributed by atoms with van der Waals surface area (Å²) >= 11 is 0. The summed E-state index contributed by atoms with van der Waals surface area (Å²) in [6.45, 7) is 4.08. The molecule has 0 fully saturated rings. The Labute approximate surface area is 195 Å². The van der Waals surface area contributed by atoms with Gasteiger partial charge in [-0.05, 0) is 49.1 Å². The summed E-state index contributed by atoms with van der Waals surface area (Å²) in [4.78, 5) is 24.8. The number of rotatable bonds is 7. The molecule has 0 amide bonds. The summed E-state index contributed by atoms with van der Waals surface area (Å²) in [5, 5.41) is 20.3. The molecule has 3 rings (SSSR count). The van der Waals surface area contributed by atoms with Crippen molar-refractivity contribution in [1.29, 1.82) is 0 Å². The van der Waals surface area contributed by atoms with Crippen LogP contribution in [0.4, 0.5) is 13.2 Å². The number of carbonyl (C=O) groups is 2. The largest absolute Gasteiger partial charge is 0.508 e. The zero-order valence-electron chi connectivity index (χ0n) is 19.0. The molecule has 1 unspecified atom stereocenters. The second kappa shape index (κ2) is 9.33. The Balaban J connectivity index is 2.10. The minimum atomic E-state index is -4.71. The number of hydrogen-bond acceptors (Lipinski definition) is 4. The van der Waals surface area contributed by atoms with Crippen LogP contribution >= 0.6 is 0 Å². The highest BCUT2D eigenvalue weighted by atomic mass is 19.4. The smallest absolute Gasteiger partial charge is 0.402 e. The predicted molar refractivity (Wildman–Crippen MR) is 123 cm³/mol. The van der Waals surface area contributed by atoms with Crippen LogP contribution < -0.4 is 0 Å². The predicted octanol–water partition coefficient (Wildman–Crippen LogP) is 6.16. The van der Waals surface area contributed by atoms with Crippen LogP contribution in [0.3, 0.4) is 0 Å². The number of phenols is 2. The van der Waals surface area contributed by atoms with E-state index in [9.17, 15) is 33.0 Å². The van der Waals surface area contributed by atoms with Crippen molar-refractivity contribution in [3.63, 3.8) is 0 Å². The summed E-state index contributed by atoms with van der Waals surface area (Å²) in [5.41, 5.74) is -1.95. The number of Topliss-reactive ketones (excluding diaryl/α,β-unsaturated/α-hetero) is 2. The van der Waals surface area contributed by atoms with Gasteiger partial charge in [0.05, 0.1) is 0 Å². The second-order valence-corrected chi connectivity index (χ2v) is 8.37. The first-order chi connectivity index (χ1) is 15.9. The van der Waals surface area contributed by atoms with E-state index in [1.165, 1.54) is 49.4 Å². The second-order valence-electron chi connectivity index (χ2n) is 8.37. The summed E-state index contributed by atoms with van der Waals surface area (Å²) in [7, 11) is 0. The van der Waals surface area contributed by atoms with E-state index in [0.717, 1.165) is 13.0 Å². The molecule has 178 valence electrons. The quantitative estimate of drug-likeness (QED) is 0.406. The lowest BCUT2D eigenvalue weighted by Gasteiger charge is -2.34. The zero-order valence-corrected chi connectivity index (χ0v) is 19.0. The van der Waals surface area contributed by atoms with Gasteiger partial charge in [0.15, 0.2) is 11.6 Å². The van der Waals surface area contributed by atoms with E-state index in [4.69, 9.17) is 0 Å². The molecule has 4 nitrogen and oxygen atoms in total. The molecule has 0 heterocycles. The Morgan fingerprint density at radius 3 is 1.82 bits per heavy atom. The van der Waals surface area contributed by atoms with Gasteiger partial charge in [-0.3, -0.25) is 9.59 Å². The number of aromatic hydroxyl groups is 2. The van der Waals surface area contributed by atoms with Crippen molar-refractivity contribution in [1.82, 2.24) is 0 Å². The molecule has 34 heavy (non-hydrogen) atoms. The van der Waals surface area contributed by atoms with Gasteiger partial charge in [-0.1, -0.05) is 55.5 Å². The molecule has 3 aromatic rings. The van der Waals surface area contributed by atoms with Gasteiger partial charge in [-0.15, -0.1) is 0 Å². The van der Waals surface area contributed by atoms with Crippen molar-refractivity contribution in [2.75, 3.05) is 0 Å². The number of halogens is 3. The molecule has 7 heteroatoms. The van der Waals surface area contributed by atoms with E-state index in [2.05, 4.69) is 0 Å². The molecule has 0 bridgehead atoms. The number of phenolic OH excluding ortho intramolecular Hbond substituents is 2. The molecular formula is C27H25F3O4. The van der Waals surface area contributed by atoms with Crippen LogP contribution in [-0.2, 0) is 18.3 Å². The van der Waals surface area contributed by atoms with E-state index in [1.54, 1.807) is 19.1 Å². The highest BCUT2D eigenvalue weighted by molar-refractivity contribution is 6.08. The molecule has 2 N–H and O–H groups in total. The van der Waals surface area contributed by atoms with E-state index in [0.29, 0.717) is 12.0 Å². The third kappa shape index (κ3) is 4.55. The molecule has 0 saturated heterocycles. The summed E-state index contributed by atoms with van der Waals surface area (Å²) in [6, 6.07) is 13.5. The number of ketones is 2. The van der Waals surface area contributed by atoms with E-state index in [1.807, 2.05) is 0 Å². The molecule has 0 spiro atoms. The number of alkyl halides is 3. The molecule has 0 aliphatic rings. The Bertz CT molecular complexity index is 1250. The molecule has 0 aliphatic carbocycles. The first-order valence-corrected chi connectivity index (χ1v) is 10.7. The lowest BCUT2D eigenvalue weighted by molar-refractivity contribution is -0.173. The standard InChI is InChI=1S/C27H25F3O4/c1-4-17-13-19(9-11-23(17)32)26(3,27(28,29)30)20-10-12-24(33)18(14-20)15-25(34)22-8-6-5-7-21(22)16(2)31/h5-14,32-33H,4,15H2,1-3H3. The van der Waals surface area contributed by atoms with Crippen LogP contribution in [0, 0.1) is 0 Å². The topological polar surface area (TPSA) is 74.6 Å². The average molecular weight is 470 g/mol. The minimum Gasteiger partial charge on any atom is -0.508 e. The van der Waals surface area contributed by atoms with Crippen LogP contribution in [-0.4, -0.2) is 28.0 Å². The lowest BCUT2D eigenvalue weighted by Crippen LogP contribution is -2.40. The van der Waals surface area contributed by atoms with Gasteiger partial charge < -0.3 is 10.2 Å². The third-order valence-corrected chi connectivity index (χ3v) is 6.22. The van der Waals surface area contributed by atoms with Gasteiger partial charge in [-0.25, -0.2) is 0 Å². The van der Waals surface area contributed by atoms with Crippen LogP contribution in [0.25, 0.3) is 0 Å². The van der Waals surface area contributed by atoms with Gasteiger partial charge in [-0.2, -0.15) is 13.2 Å². The zero-order chi connectivity index (χ0) is 25.3. The summed E-state index contributed by atoms with van der Waals surface area (Å²) < 4.78 is 43.5. The minimum absolute atomic E-state index is 0.0193. The molecule has 3 aromatic carbocycles. The van der Waals surface area contributed by atoms with Gasteiger partial charge >= 0.3 is 6.18 Å². The first-order valence-electron chi connectivity index (χ1n) is 10.7. The van der Waals surface area contributed by atoms with Gasteiger partial charge in [0.25, 0.3) is 0 Å². The highest BCUT2D eigenvalue weighted by Crippen LogP contribution is 2.47. The van der Waals surface area contributed by atoms with Gasteiger partial charge in [0.2, 0.25) is 0 Å². The van der Waals surface area contributed by atoms with Crippen molar-refractivity contribution >= 4 is 11.6 Å². The molecule has 0 radical (unpaired) electrons. The average Bonchev–Trinajstić information content (AvgIpc) is 2.79. The molecule has 0 aromatic heterocycles. The Kier molecular flexibility index (Phi) is 6.87. The third-order valence-electron chi connectivity index (χ3n) is 6.22. The lowest BCUT2D eigenvalue weighted by atomic mass is 9.74. The normalized spacial score (nSPS) is 13.4. The maximum atomic E-state index is 14.5. The monoisotopic (exact) mass is 470 g/mol. The SMILES string of the molecule is CCc1cc(C(C)(c2ccc(O)c(CC(=O)c3ccccc3C(C)=O)c2)C(F)(F)F)ccc1O. The first kappa shape index (κ1) is 25.0. The highest BCUT2D eigenvalue weighted by Gasteiger charge is 2.53. The van der Waals surface area contributed by atoms with Crippen molar-refractivity contribution < 1.29 is 33.0 Å². The maximum absolute atomic E-state index is 14.5. The van der Waals surface area contributed by atoms with Crippen molar-refractivity contribution in [2.24, 2.45) is 0 Å².